The van der Waals surface area contributed by atoms with Crippen LogP contribution in [-0.4, -0.2) is 18.5 Å². The fraction of sp³-hybridized carbons (Fsp3) is 0.652. The van der Waals surface area contributed by atoms with Crippen molar-refractivity contribution in [3.8, 4) is 5.75 Å². The Hall–Kier alpha value is -1.26. The molecular weight excluding hydrogens is 411 g/mol. The van der Waals surface area contributed by atoms with Crippen LogP contribution >= 0.6 is 23.2 Å². The average molecular weight is 443 g/mol. The number of hydrogen-bond acceptors (Lipinski definition) is 4. The maximum atomic E-state index is 12.7. The van der Waals surface area contributed by atoms with Gasteiger partial charge < -0.3 is 9.47 Å². The molecule has 2 unspecified atom stereocenters. The van der Waals surface area contributed by atoms with Crippen LogP contribution in [0.15, 0.2) is 18.2 Å². The quantitative estimate of drug-likeness (QED) is 0.210. The van der Waals surface area contributed by atoms with Gasteiger partial charge in [-0.15, -0.1) is 0 Å². The van der Waals surface area contributed by atoms with Gasteiger partial charge in [0.1, 0.15) is 0 Å². The summed E-state index contributed by atoms with van der Waals surface area (Å²) in [6, 6.07) is 4.73. The van der Waals surface area contributed by atoms with Crippen LogP contribution < -0.4 is 4.74 Å². The Balaban J connectivity index is 1.81. The SMILES string of the molecule is CCCCCCCCCOC(=O)C1CCCCC1C(=O)Oc1cc(Cl)ccc1Cl. The smallest absolute Gasteiger partial charge is 0.315 e. The summed E-state index contributed by atoms with van der Waals surface area (Å²) in [6.07, 6.45) is 11.2. The van der Waals surface area contributed by atoms with E-state index >= 15 is 0 Å². The van der Waals surface area contributed by atoms with Crippen molar-refractivity contribution in [2.45, 2.75) is 77.6 Å². The molecule has 6 heteroatoms. The Bertz CT molecular complexity index is 662. The third-order valence-corrected chi connectivity index (χ3v) is 6.01. The standard InChI is InChI=1S/C23H32Cl2O4/c1-2-3-4-5-6-7-10-15-28-22(26)18-11-8-9-12-19(18)23(27)29-21-16-17(24)13-14-20(21)25/h13-14,16,18-19H,2-12,15H2,1H3. The molecule has 1 aliphatic rings. The molecule has 29 heavy (non-hydrogen) atoms. The lowest BCUT2D eigenvalue weighted by atomic mass is 9.79. The topological polar surface area (TPSA) is 52.6 Å². The summed E-state index contributed by atoms with van der Waals surface area (Å²) < 4.78 is 11.0. The normalized spacial score (nSPS) is 19.0. The number of benzene rings is 1. The van der Waals surface area contributed by atoms with Gasteiger partial charge in [-0.25, -0.2) is 0 Å². The van der Waals surface area contributed by atoms with Gasteiger partial charge >= 0.3 is 11.9 Å². The first kappa shape index (κ1) is 24.0. The summed E-state index contributed by atoms with van der Waals surface area (Å²) in [7, 11) is 0. The Morgan fingerprint density at radius 3 is 2.24 bits per heavy atom. The van der Waals surface area contributed by atoms with Crippen LogP contribution in [0.25, 0.3) is 0 Å². The molecule has 2 rings (SSSR count). The Morgan fingerprint density at radius 2 is 1.55 bits per heavy atom. The van der Waals surface area contributed by atoms with E-state index in [1.807, 2.05) is 0 Å². The van der Waals surface area contributed by atoms with Crippen LogP contribution in [0.2, 0.25) is 10.0 Å². The third-order valence-electron chi connectivity index (χ3n) is 5.47. The van der Waals surface area contributed by atoms with E-state index in [1.54, 1.807) is 12.1 Å². The highest BCUT2D eigenvalue weighted by Crippen LogP contribution is 2.34. The number of esters is 2. The van der Waals surface area contributed by atoms with Crippen molar-refractivity contribution in [3.05, 3.63) is 28.2 Å². The van der Waals surface area contributed by atoms with Gasteiger partial charge in [-0.1, -0.05) is 81.5 Å². The predicted molar refractivity (Wildman–Crippen MR) is 116 cm³/mol. The van der Waals surface area contributed by atoms with E-state index in [9.17, 15) is 9.59 Å². The molecule has 1 saturated carbocycles. The minimum Gasteiger partial charge on any atom is -0.465 e. The van der Waals surface area contributed by atoms with Gasteiger partial charge in [0, 0.05) is 11.1 Å². The molecule has 0 aromatic heterocycles. The molecule has 1 fully saturated rings. The monoisotopic (exact) mass is 442 g/mol. The third kappa shape index (κ3) is 8.18. The van der Waals surface area contributed by atoms with Crippen molar-refractivity contribution in [1.29, 1.82) is 0 Å². The highest BCUT2D eigenvalue weighted by Gasteiger charge is 2.38. The van der Waals surface area contributed by atoms with Crippen LogP contribution in [0.3, 0.4) is 0 Å². The zero-order valence-corrected chi connectivity index (χ0v) is 18.8. The van der Waals surface area contributed by atoms with E-state index < -0.39 is 17.8 Å². The molecule has 1 aromatic rings. The van der Waals surface area contributed by atoms with E-state index in [2.05, 4.69) is 6.92 Å². The second-order valence-corrected chi connectivity index (χ2v) is 8.63. The summed E-state index contributed by atoms with van der Waals surface area (Å²) in [5, 5.41) is 0.753. The second kappa shape index (κ2) is 13.1. The summed E-state index contributed by atoms with van der Waals surface area (Å²) >= 11 is 12.0. The number of unbranched alkanes of at least 4 members (excludes halogenated alkanes) is 6. The molecule has 0 N–H and O–H groups in total. The first-order chi connectivity index (χ1) is 14.0. The molecule has 0 saturated heterocycles. The number of rotatable bonds is 11. The predicted octanol–water partition coefficient (Wildman–Crippen LogP) is 7.00. The van der Waals surface area contributed by atoms with E-state index in [-0.39, 0.29) is 11.7 Å². The lowest BCUT2D eigenvalue weighted by molar-refractivity contribution is -0.158. The molecule has 4 nitrogen and oxygen atoms in total. The molecule has 1 aliphatic carbocycles. The molecule has 0 spiro atoms. The van der Waals surface area contributed by atoms with Crippen molar-refractivity contribution < 1.29 is 19.1 Å². The molecular formula is C23H32Cl2O4. The van der Waals surface area contributed by atoms with E-state index in [4.69, 9.17) is 32.7 Å². The molecule has 2 atom stereocenters. The van der Waals surface area contributed by atoms with Gasteiger partial charge in [0.15, 0.2) is 5.75 Å². The Kier molecular flexibility index (Phi) is 10.9. The Labute approximate surface area is 184 Å². The zero-order valence-electron chi connectivity index (χ0n) is 17.3. The van der Waals surface area contributed by atoms with Crippen molar-refractivity contribution in [3.63, 3.8) is 0 Å². The number of carbonyl (C=O) groups excluding carboxylic acids is 2. The minimum atomic E-state index is -0.500. The van der Waals surface area contributed by atoms with Gasteiger partial charge in [-0.05, 0) is 31.4 Å². The maximum Gasteiger partial charge on any atom is 0.315 e. The lowest BCUT2D eigenvalue weighted by Gasteiger charge is -2.28. The number of ether oxygens (including phenoxy) is 2. The van der Waals surface area contributed by atoms with E-state index in [1.165, 1.54) is 38.2 Å². The molecule has 0 amide bonds. The number of hydrogen-bond donors (Lipinski definition) is 0. The molecule has 0 heterocycles. The maximum absolute atomic E-state index is 12.7. The highest BCUT2D eigenvalue weighted by atomic mass is 35.5. The van der Waals surface area contributed by atoms with Gasteiger partial charge in [-0.2, -0.15) is 0 Å². The van der Waals surface area contributed by atoms with Gasteiger partial charge in [0.05, 0.1) is 23.5 Å². The minimum absolute atomic E-state index is 0.227. The molecule has 0 radical (unpaired) electrons. The van der Waals surface area contributed by atoms with Gasteiger partial charge in [0.2, 0.25) is 0 Å². The highest BCUT2D eigenvalue weighted by molar-refractivity contribution is 6.34. The van der Waals surface area contributed by atoms with Crippen molar-refractivity contribution in [2.75, 3.05) is 6.61 Å². The molecule has 162 valence electrons. The molecule has 0 aliphatic heterocycles. The molecule has 0 bridgehead atoms. The largest absolute Gasteiger partial charge is 0.465 e. The first-order valence-electron chi connectivity index (χ1n) is 10.9. The summed E-state index contributed by atoms with van der Waals surface area (Å²) in [5.74, 6) is -1.44. The van der Waals surface area contributed by atoms with Crippen LogP contribution in [0, 0.1) is 11.8 Å². The van der Waals surface area contributed by atoms with Crippen LogP contribution in [-0.2, 0) is 14.3 Å². The van der Waals surface area contributed by atoms with Crippen LogP contribution in [0.5, 0.6) is 5.75 Å². The number of halogens is 2. The Morgan fingerprint density at radius 1 is 0.931 bits per heavy atom. The van der Waals surface area contributed by atoms with Crippen LogP contribution in [0.4, 0.5) is 0 Å². The summed E-state index contributed by atoms with van der Waals surface area (Å²) in [5.41, 5.74) is 0. The van der Waals surface area contributed by atoms with Crippen molar-refractivity contribution in [2.24, 2.45) is 11.8 Å². The molecule has 1 aromatic carbocycles. The van der Waals surface area contributed by atoms with Gasteiger partial charge in [0.25, 0.3) is 0 Å². The van der Waals surface area contributed by atoms with E-state index in [0.717, 1.165) is 25.7 Å². The van der Waals surface area contributed by atoms with Gasteiger partial charge in [-0.3, -0.25) is 9.59 Å². The summed E-state index contributed by atoms with van der Waals surface area (Å²) in [6.45, 7) is 2.63. The zero-order chi connectivity index (χ0) is 21.1. The average Bonchev–Trinajstić information content (AvgIpc) is 2.72. The summed E-state index contributed by atoms with van der Waals surface area (Å²) in [4.78, 5) is 25.3. The number of carbonyl (C=O) groups is 2. The fourth-order valence-electron chi connectivity index (χ4n) is 3.77. The second-order valence-electron chi connectivity index (χ2n) is 7.78. The lowest BCUT2D eigenvalue weighted by Crippen LogP contribution is -2.36. The van der Waals surface area contributed by atoms with Crippen LogP contribution in [0.1, 0.15) is 77.6 Å². The van der Waals surface area contributed by atoms with Crippen molar-refractivity contribution >= 4 is 35.1 Å². The van der Waals surface area contributed by atoms with Crippen molar-refractivity contribution in [1.82, 2.24) is 0 Å². The van der Waals surface area contributed by atoms with E-state index in [0.29, 0.717) is 29.5 Å². The first-order valence-corrected chi connectivity index (χ1v) is 11.6. The fourth-order valence-corrected chi connectivity index (χ4v) is 4.09.